The van der Waals surface area contributed by atoms with Gasteiger partial charge in [0.15, 0.2) is 44.1 Å². The van der Waals surface area contributed by atoms with Gasteiger partial charge < -0.3 is 47.3 Å². The van der Waals surface area contributed by atoms with Gasteiger partial charge in [-0.05, 0) is 166 Å². The second-order valence-electron chi connectivity index (χ2n) is 20.6. The van der Waals surface area contributed by atoms with Crippen molar-refractivity contribution < 1.29 is 116 Å². The van der Waals surface area contributed by atoms with Crippen LogP contribution in [0.4, 0.5) is 44.3 Å². The van der Waals surface area contributed by atoms with Gasteiger partial charge in [-0.3, -0.25) is 0 Å². The average molecular weight is 1530 g/mol. The second-order valence-corrected chi connectivity index (χ2v) is 26.7. The summed E-state index contributed by atoms with van der Waals surface area (Å²) in [6.45, 7) is 8.41. The molecule has 6 nitrogen and oxygen atoms in total. The minimum absolute atomic E-state index is 0. The number of halogens is 10. The maximum absolute atomic E-state index is 12.0. The Morgan fingerprint density at radius 1 is 0.314 bits per heavy atom. The van der Waals surface area contributed by atoms with Gasteiger partial charge in [-0.2, -0.15) is 39.5 Å². The first kappa shape index (κ1) is 89.3. The molecule has 0 radical (unpaired) electrons. The minimum Gasteiger partial charge on any atom is -1.00 e. The topological polar surface area (TPSA) is 127 Å². The molecule has 0 saturated carbocycles. The van der Waals surface area contributed by atoms with Crippen LogP contribution in [0.25, 0.3) is 0 Å². The van der Waals surface area contributed by atoms with Crippen molar-refractivity contribution in [1.82, 2.24) is 0 Å². The molecule has 0 bridgehead atoms. The van der Waals surface area contributed by atoms with E-state index in [0.29, 0.717) is 34.9 Å². The van der Waals surface area contributed by atoms with Crippen LogP contribution >= 0.6 is 0 Å². The van der Waals surface area contributed by atoms with Crippen LogP contribution in [0.2, 0.25) is 0 Å². The van der Waals surface area contributed by atoms with Gasteiger partial charge in [0.05, 0.1) is 49.4 Å². The number of aryl methyl sites for hydroxylation is 3. The van der Waals surface area contributed by atoms with Gasteiger partial charge >= 0.3 is 48.1 Å². The van der Waals surface area contributed by atoms with Gasteiger partial charge in [-0.25, -0.2) is 0 Å². The van der Waals surface area contributed by atoms with Crippen LogP contribution in [0.5, 0.6) is 17.2 Å². The van der Waals surface area contributed by atoms with E-state index >= 15 is 0 Å². The van der Waals surface area contributed by atoms with Crippen LogP contribution < -0.4 is 61.9 Å². The molecule has 102 heavy (non-hydrogen) atoms. The molecule has 12 rings (SSSR count). The molecule has 0 spiro atoms. The molecule has 20 heteroatoms. The van der Waals surface area contributed by atoms with Gasteiger partial charge in [0, 0.05) is 0 Å². The molecule has 12 aromatic carbocycles. The molecule has 0 aliphatic heterocycles. The first-order chi connectivity index (χ1) is 47.3. The van der Waals surface area contributed by atoms with Crippen LogP contribution in [-0.4, -0.2) is 16.4 Å². The van der Waals surface area contributed by atoms with Crippen LogP contribution in [0.1, 0.15) is 54.7 Å². The van der Waals surface area contributed by atoms with Crippen molar-refractivity contribution in [1.29, 1.82) is 0 Å². The Morgan fingerprint density at radius 3 is 0.598 bits per heavy atom. The minimum atomic E-state index is -4.43. The van der Waals surface area contributed by atoms with Crippen molar-refractivity contribution >= 4 is 38.8 Å². The third-order valence-corrected chi connectivity index (χ3v) is 19.6. The summed E-state index contributed by atoms with van der Waals surface area (Å²) in [5.41, 5.74) is -1.54. The van der Waals surface area contributed by atoms with Gasteiger partial charge in [0.1, 0.15) is 5.75 Å². The molecule has 0 fully saturated rings. The van der Waals surface area contributed by atoms with Gasteiger partial charge in [0.25, 0.3) is 0 Å². The number of alkyl halides is 9. The Morgan fingerprint density at radius 2 is 0.461 bits per heavy atom. The molecule has 0 atom stereocenters. The fourth-order valence-corrected chi connectivity index (χ4v) is 15.3. The summed E-state index contributed by atoms with van der Waals surface area (Å²) in [7, 11) is -0.0439. The van der Waals surface area contributed by atoms with Crippen molar-refractivity contribution in [2.45, 2.75) is 105 Å². The largest absolute Gasteiger partial charge is 1.00 e. The Kier molecular flexibility index (Phi) is 40.2. The van der Waals surface area contributed by atoms with E-state index in [9.17, 15) is 49.7 Å². The van der Waals surface area contributed by atoms with Crippen LogP contribution in [-0.2, 0) is 51.2 Å². The Hall–Kier alpha value is -8.79. The summed E-state index contributed by atoms with van der Waals surface area (Å²) in [5.74, 6) is -1.58. The number of hydrogen-bond donors (Lipinski definition) is 2. The Labute approximate surface area is 633 Å². The molecular weight excluding hydrogens is 1450 g/mol. The zero-order chi connectivity index (χ0) is 72.4. The number of carboxylic acid groups (broad SMARTS) is 2. The molecule has 12 aromatic rings. The number of aromatic hydroxyl groups is 1. The first-order valence-electron chi connectivity index (χ1n) is 30.4. The van der Waals surface area contributed by atoms with Crippen molar-refractivity contribution in [2.24, 2.45) is 0 Å². The summed E-state index contributed by atoms with van der Waals surface area (Å²) < 4.78 is 108. The maximum Gasteiger partial charge on any atom is 1.00 e. The van der Waals surface area contributed by atoms with Crippen molar-refractivity contribution in [2.75, 3.05) is 0 Å². The first-order valence-corrected chi connectivity index (χ1v) is 34.1. The monoisotopic (exact) mass is 1520 g/mol. The number of rotatable bonds is 9. The van der Waals surface area contributed by atoms with Gasteiger partial charge in [-0.1, -0.05) is 220 Å². The molecule has 528 valence electrons. The predicted octanol–water partition coefficient (Wildman–Crippen LogP) is 15.8. The van der Waals surface area contributed by atoms with Gasteiger partial charge in [-0.15, -0.1) is 11.5 Å². The third-order valence-electron chi connectivity index (χ3n) is 13.0. The quantitative estimate of drug-likeness (QED) is 0.0842. The zero-order valence-electron chi connectivity index (χ0n) is 55.7. The molecule has 0 heterocycles. The van der Waals surface area contributed by atoms with Crippen molar-refractivity contribution in [3.8, 4) is 17.2 Å². The molecule has 0 aliphatic carbocycles. The number of benzene rings is 12. The van der Waals surface area contributed by atoms with Crippen LogP contribution in [0.15, 0.2) is 372 Å². The van der Waals surface area contributed by atoms with Crippen molar-refractivity contribution in [3.63, 3.8) is 0 Å². The van der Waals surface area contributed by atoms with Crippen molar-refractivity contribution in [3.05, 3.63) is 361 Å². The SMILES string of the molecule is C.CC.Cc1cc(O)cc(C(F)(F)F)c1.Cc1cc([O-])cc(C(F)(F)F)c1.Cc1cc([O-])cc(C(F)(F)F)c1.O=C([O-])O.[Br-].[Na+].c1ccc([S+](c2ccccc2)c2ccccc2)cc1.c1ccc([S+](c2ccccc2)c2ccccc2)cc1.c1ccc([S+](c2ccccc2)c2ccccc2)cc1. The molecule has 2 N–H and O–H groups in total. The summed E-state index contributed by atoms with van der Waals surface area (Å²) in [6, 6.07) is 105. The summed E-state index contributed by atoms with van der Waals surface area (Å²) in [5, 5.41) is 45.5. The maximum atomic E-state index is 12.0. The Bertz CT molecular complexity index is 3470. The summed E-state index contributed by atoms with van der Waals surface area (Å²) in [6.07, 6.45) is -15.3. The zero-order valence-corrected chi connectivity index (χ0v) is 61.7. The predicted molar refractivity (Wildman–Crippen MR) is 380 cm³/mol. The normalized spacial score (nSPS) is 10.3. The number of phenols is 1. The summed E-state index contributed by atoms with van der Waals surface area (Å²) in [4.78, 5) is 20.7. The van der Waals surface area contributed by atoms with E-state index < -0.39 is 52.9 Å². The van der Waals surface area contributed by atoms with Crippen LogP contribution in [0.3, 0.4) is 0 Å². The van der Waals surface area contributed by atoms with Crippen LogP contribution in [0, 0.1) is 20.8 Å². The molecule has 0 aromatic heterocycles. The summed E-state index contributed by atoms with van der Waals surface area (Å²) >= 11 is 0. The molecule has 0 unspecified atom stereocenters. The van der Waals surface area contributed by atoms with E-state index in [1.54, 1.807) is 0 Å². The van der Waals surface area contributed by atoms with E-state index in [0.717, 1.165) is 30.3 Å². The smallest absolute Gasteiger partial charge is 1.00 e. The number of carbonyl (C=O) groups is 1. The third kappa shape index (κ3) is 31.6. The fraction of sp³-hybridized carbons (Fsp3) is 0.110. The number of hydrogen-bond acceptors (Lipinski definition) is 5. The molecule has 0 saturated heterocycles. The van der Waals surface area contributed by atoms with E-state index in [2.05, 4.69) is 273 Å². The van der Waals surface area contributed by atoms with E-state index in [-0.39, 0.29) is 92.4 Å². The molecule has 0 aliphatic rings. The molecular formula is C82H75BrF9NaO6S3. The van der Waals surface area contributed by atoms with E-state index in [4.69, 9.17) is 20.1 Å². The second kappa shape index (κ2) is 45.9. The standard InChI is InChI=1S/3C18H15S.3C8H7F3O.C2H6.CH2O3.CH4.BrH.Na/c3*1-4-10-16(11-5-1)19(17-12-6-2-7-13-17)18-14-8-3-9-15-18;3*1-5-2-6(8(9,10)11)4-7(12)3-5;1-2;2-1(3)4;;;/h3*1-15H;3*2-4,12H,1H3;1-2H3;(H2,2,3,4);1H4;1H;/q3*+1;;;;;;;;+1/p-4. The van der Waals surface area contributed by atoms with E-state index in [1.807, 2.05) is 13.8 Å². The number of phenolic OH excluding ortho intramolecular Hbond substituents is 1. The Balaban J connectivity index is 0.000000412. The molecule has 0 amide bonds. The average Bonchev–Trinajstić information content (AvgIpc) is 0.840. The van der Waals surface area contributed by atoms with Gasteiger partial charge in [0.2, 0.25) is 6.16 Å². The fourth-order valence-electron chi connectivity index (χ4n) is 8.98. The van der Waals surface area contributed by atoms with E-state index in [1.165, 1.54) is 70.9 Å².